The van der Waals surface area contributed by atoms with E-state index < -0.39 is 29.7 Å². The van der Waals surface area contributed by atoms with Gasteiger partial charge in [0.2, 0.25) is 0 Å². The molecule has 0 radical (unpaired) electrons. The second kappa shape index (κ2) is 9.04. The lowest BCUT2D eigenvalue weighted by molar-refractivity contribution is -0.139. The lowest BCUT2D eigenvalue weighted by Gasteiger charge is -2.35. The fourth-order valence-corrected chi connectivity index (χ4v) is 3.76. The SMILES string of the molecule is CCOC(=O)C1=C(COc2ccc(F)cc2F)N(CC)C(=O)N[C@H]1c1ccsc1. The van der Waals surface area contributed by atoms with Crippen molar-refractivity contribution in [1.82, 2.24) is 10.2 Å². The average molecular weight is 422 g/mol. The van der Waals surface area contributed by atoms with Crippen molar-refractivity contribution in [2.45, 2.75) is 19.9 Å². The van der Waals surface area contributed by atoms with Gasteiger partial charge in [-0.05, 0) is 48.4 Å². The lowest BCUT2D eigenvalue weighted by atomic mass is 9.96. The van der Waals surface area contributed by atoms with Crippen LogP contribution in [-0.4, -0.2) is 36.7 Å². The molecule has 1 atom stereocenters. The first-order valence-corrected chi connectivity index (χ1v) is 9.98. The number of hydrogen-bond acceptors (Lipinski definition) is 5. The summed E-state index contributed by atoms with van der Waals surface area (Å²) in [6.45, 7) is 3.57. The van der Waals surface area contributed by atoms with Crippen LogP contribution < -0.4 is 10.1 Å². The predicted molar refractivity (Wildman–Crippen MR) is 103 cm³/mol. The van der Waals surface area contributed by atoms with Gasteiger partial charge in [0.25, 0.3) is 0 Å². The Bertz CT molecular complexity index is 931. The predicted octanol–water partition coefficient (Wildman–Crippen LogP) is 4.01. The highest BCUT2D eigenvalue weighted by molar-refractivity contribution is 7.08. The van der Waals surface area contributed by atoms with Crippen LogP contribution in [0.15, 0.2) is 46.3 Å². The molecular weight excluding hydrogens is 402 g/mol. The van der Waals surface area contributed by atoms with Gasteiger partial charge in [0.15, 0.2) is 11.6 Å². The van der Waals surface area contributed by atoms with Crippen LogP contribution in [0.2, 0.25) is 0 Å². The van der Waals surface area contributed by atoms with Crippen LogP contribution in [0.3, 0.4) is 0 Å². The molecule has 9 heteroatoms. The third-order valence-corrected chi connectivity index (χ3v) is 5.09. The Balaban J connectivity index is 2.03. The van der Waals surface area contributed by atoms with Gasteiger partial charge >= 0.3 is 12.0 Å². The van der Waals surface area contributed by atoms with Crippen molar-refractivity contribution in [3.63, 3.8) is 0 Å². The van der Waals surface area contributed by atoms with Crippen molar-refractivity contribution in [2.24, 2.45) is 0 Å². The normalized spacial score (nSPS) is 16.6. The van der Waals surface area contributed by atoms with E-state index in [0.717, 1.165) is 17.7 Å². The molecule has 29 heavy (non-hydrogen) atoms. The number of urea groups is 1. The third-order valence-electron chi connectivity index (χ3n) is 4.38. The zero-order chi connectivity index (χ0) is 21.0. The molecular formula is C20H20F2N2O4S. The van der Waals surface area contributed by atoms with Crippen LogP contribution in [0.25, 0.3) is 0 Å². The highest BCUT2D eigenvalue weighted by Gasteiger charge is 2.38. The van der Waals surface area contributed by atoms with Gasteiger partial charge in [-0.2, -0.15) is 11.3 Å². The van der Waals surface area contributed by atoms with Crippen molar-refractivity contribution in [2.75, 3.05) is 19.8 Å². The molecule has 1 aliphatic heterocycles. The maximum absolute atomic E-state index is 14.0. The number of nitrogens with one attached hydrogen (secondary N) is 1. The average Bonchev–Trinajstić information content (AvgIpc) is 3.21. The van der Waals surface area contributed by atoms with Gasteiger partial charge in [-0.3, -0.25) is 4.90 Å². The van der Waals surface area contributed by atoms with Crippen molar-refractivity contribution in [3.8, 4) is 5.75 Å². The molecule has 0 spiro atoms. The number of amides is 2. The molecule has 1 aliphatic rings. The molecule has 3 rings (SSSR count). The molecule has 0 fully saturated rings. The first-order valence-electron chi connectivity index (χ1n) is 9.04. The number of thiophene rings is 1. The number of hydrogen-bond donors (Lipinski definition) is 1. The number of halogens is 2. The van der Waals surface area contributed by atoms with Gasteiger partial charge in [0, 0.05) is 12.6 Å². The molecule has 2 amide bonds. The molecule has 0 saturated carbocycles. The number of carbonyl (C=O) groups is 2. The lowest BCUT2D eigenvalue weighted by Crippen LogP contribution is -2.49. The minimum atomic E-state index is -0.874. The minimum absolute atomic E-state index is 0.152. The van der Waals surface area contributed by atoms with Gasteiger partial charge in [0.1, 0.15) is 12.4 Å². The summed E-state index contributed by atoms with van der Waals surface area (Å²) in [6.07, 6.45) is 0. The molecule has 2 aromatic rings. The fourth-order valence-electron chi connectivity index (χ4n) is 3.07. The standard InChI is InChI=1S/C20H20F2N2O4S/c1-3-24-15(10-28-16-6-5-13(21)9-14(16)22)17(19(25)27-4-2)18(23-20(24)26)12-7-8-29-11-12/h5-9,11,18H,3-4,10H2,1-2H3,(H,23,26)/t18-/m0/s1. The smallest absolute Gasteiger partial charge is 0.338 e. The molecule has 6 nitrogen and oxygen atoms in total. The first-order chi connectivity index (χ1) is 14.0. The monoisotopic (exact) mass is 422 g/mol. The van der Waals surface area contributed by atoms with E-state index in [1.165, 1.54) is 16.2 Å². The van der Waals surface area contributed by atoms with Crippen LogP contribution >= 0.6 is 11.3 Å². The molecule has 1 aromatic carbocycles. The molecule has 0 bridgehead atoms. The Kier molecular flexibility index (Phi) is 6.48. The van der Waals surface area contributed by atoms with Crippen molar-refractivity contribution in [1.29, 1.82) is 0 Å². The Hall–Kier alpha value is -2.94. The summed E-state index contributed by atoms with van der Waals surface area (Å²) in [6, 6.07) is 3.61. The van der Waals surface area contributed by atoms with E-state index >= 15 is 0 Å². The summed E-state index contributed by atoms with van der Waals surface area (Å²) < 4.78 is 37.8. The fraction of sp³-hybridized carbons (Fsp3) is 0.300. The largest absolute Gasteiger partial charge is 0.484 e. The Labute approximate surface area is 170 Å². The zero-order valence-corrected chi connectivity index (χ0v) is 16.7. The number of rotatable bonds is 7. The van der Waals surface area contributed by atoms with Crippen LogP contribution in [0.1, 0.15) is 25.5 Å². The van der Waals surface area contributed by atoms with Gasteiger partial charge in [-0.1, -0.05) is 0 Å². The van der Waals surface area contributed by atoms with Crippen molar-refractivity contribution < 1.29 is 27.8 Å². The van der Waals surface area contributed by atoms with Crippen LogP contribution in [0.5, 0.6) is 5.75 Å². The molecule has 1 N–H and O–H groups in total. The number of carbonyl (C=O) groups excluding carboxylic acids is 2. The maximum Gasteiger partial charge on any atom is 0.338 e. The van der Waals surface area contributed by atoms with E-state index in [2.05, 4.69) is 5.32 Å². The molecule has 2 heterocycles. The molecule has 0 aliphatic carbocycles. The highest BCUT2D eigenvalue weighted by atomic mass is 32.1. The minimum Gasteiger partial charge on any atom is -0.484 e. The summed E-state index contributed by atoms with van der Waals surface area (Å²) in [4.78, 5) is 26.8. The van der Waals surface area contributed by atoms with Crippen molar-refractivity contribution >= 4 is 23.3 Å². The second-order valence-corrected chi connectivity index (χ2v) is 6.91. The first kappa shape index (κ1) is 20.8. The van der Waals surface area contributed by atoms with E-state index in [1.54, 1.807) is 19.9 Å². The van der Waals surface area contributed by atoms with E-state index in [-0.39, 0.29) is 36.8 Å². The Morgan fingerprint density at radius 3 is 2.69 bits per heavy atom. The van der Waals surface area contributed by atoms with Gasteiger partial charge < -0.3 is 14.8 Å². The molecule has 0 unspecified atom stereocenters. The number of likely N-dealkylation sites (N-methyl/N-ethyl adjacent to an activating group) is 1. The van der Waals surface area contributed by atoms with E-state index in [0.29, 0.717) is 6.07 Å². The van der Waals surface area contributed by atoms with E-state index in [9.17, 15) is 18.4 Å². The van der Waals surface area contributed by atoms with Crippen molar-refractivity contribution in [3.05, 3.63) is 63.5 Å². The van der Waals surface area contributed by atoms with Gasteiger partial charge in [-0.15, -0.1) is 0 Å². The van der Waals surface area contributed by atoms with Gasteiger partial charge in [0.05, 0.1) is 23.9 Å². The van der Waals surface area contributed by atoms with Crippen LogP contribution in [-0.2, 0) is 9.53 Å². The molecule has 1 aromatic heterocycles. The van der Waals surface area contributed by atoms with Crippen LogP contribution in [0, 0.1) is 11.6 Å². The summed E-state index contributed by atoms with van der Waals surface area (Å²) >= 11 is 1.43. The topological polar surface area (TPSA) is 67.9 Å². The second-order valence-electron chi connectivity index (χ2n) is 6.13. The molecule has 0 saturated heterocycles. The summed E-state index contributed by atoms with van der Waals surface area (Å²) in [5.74, 6) is -2.39. The maximum atomic E-state index is 14.0. The Morgan fingerprint density at radius 1 is 1.28 bits per heavy atom. The van der Waals surface area contributed by atoms with E-state index in [1.807, 2.05) is 10.8 Å². The number of ether oxygens (including phenoxy) is 2. The summed E-state index contributed by atoms with van der Waals surface area (Å²) in [5, 5.41) is 6.47. The number of esters is 1. The zero-order valence-electron chi connectivity index (χ0n) is 15.9. The van der Waals surface area contributed by atoms with Gasteiger partial charge in [-0.25, -0.2) is 18.4 Å². The Morgan fingerprint density at radius 2 is 2.07 bits per heavy atom. The third kappa shape index (κ3) is 4.40. The number of nitrogens with zero attached hydrogens (tertiary/aromatic N) is 1. The summed E-state index contributed by atoms with van der Waals surface area (Å²) in [5.41, 5.74) is 1.22. The van der Waals surface area contributed by atoms with E-state index in [4.69, 9.17) is 9.47 Å². The quantitative estimate of drug-likeness (QED) is 0.685. The summed E-state index contributed by atoms with van der Waals surface area (Å²) in [7, 11) is 0. The number of benzene rings is 1. The van der Waals surface area contributed by atoms with Crippen LogP contribution in [0.4, 0.5) is 13.6 Å². The highest BCUT2D eigenvalue weighted by Crippen LogP contribution is 2.33. The molecule has 154 valence electrons.